The van der Waals surface area contributed by atoms with Crippen molar-refractivity contribution in [3.05, 3.63) is 46.6 Å². The molecule has 5 N–H and O–H groups in total. The molecule has 2 aromatic heterocycles. The highest BCUT2D eigenvalue weighted by atomic mass is 16.3. The number of likely N-dealkylation sites (tertiary alicyclic amines) is 1. The summed E-state index contributed by atoms with van der Waals surface area (Å²) in [5.41, 5.74) is 6.48. The molecule has 0 bridgehead atoms. The maximum absolute atomic E-state index is 12.3. The predicted octanol–water partition coefficient (Wildman–Crippen LogP) is 0.584. The SMILES string of the molecule is NC1CCN(CCCCn2ccc(Nc3ccc(CNC(=O)CCO)cn3)nc2=O)CC1. The van der Waals surface area contributed by atoms with Crippen LogP contribution in [0.1, 0.15) is 37.7 Å². The first-order valence-electron chi connectivity index (χ1n) is 11.2. The van der Waals surface area contributed by atoms with E-state index in [9.17, 15) is 9.59 Å². The van der Waals surface area contributed by atoms with Gasteiger partial charge < -0.3 is 26.4 Å². The van der Waals surface area contributed by atoms with Crippen molar-refractivity contribution in [3.63, 3.8) is 0 Å². The Labute approximate surface area is 187 Å². The third-order valence-electron chi connectivity index (χ3n) is 5.54. The number of anilines is 2. The summed E-state index contributed by atoms with van der Waals surface area (Å²) < 4.78 is 1.63. The van der Waals surface area contributed by atoms with Crippen molar-refractivity contribution in [2.24, 2.45) is 5.73 Å². The first-order valence-corrected chi connectivity index (χ1v) is 11.2. The van der Waals surface area contributed by atoms with Crippen molar-refractivity contribution in [1.29, 1.82) is 0 Å². The molecule has 3 heterocycles. The van der Waals surface area contributed by atoms with Crippen LogP contribution < -0.4 is 22.1 Å². The molecule has 0 spiro atoms. The molecule has 0 aromatic carbocycles. The smallest absolute Gasteiger partial charge is 0.349 e. The molecule has 10 nitrogen and oxygen atoms in total. The number of hydrogen-bond donors (Lipinski definition) is 4. The van der Waals surface area contributed by atoms with Crippen LogP contribution in [0.3, 0.4) is 0 Å². The molecule has 32 heavy (non-hydrogen) atoms. The van der Waals surface area contributed by atoms with Gasteiger partial charge in [-0.1, -0.05) is 6.07 Å². The van der Waals surface area contributed by atoms with E-state index in [0.717, 1.165) is 50.9 Å². The van der Waals surface area contributed by atoms with E-state index in [1.807, 2.05) is 6.07 Å². The molecule has 1 aliphatic rings. The van der Waals surface area contributed by atoms with Crippen molar-refractivity contribution in [1.82, 2.24) is 24.8 Å². The molecule has 0 unspecified atom stereocenters. The van der Waals surface area contributed by atoms with Crippen LogP contribution in [0, 0.1) is 0 Å². The minimum atomic E-state index is -0.290. The third kappa shape index (κ3) is 7.70. The fraction of sp³-hybridized carbons (Fsp3) is 0.545. The second-order valence-electron chi connectivity index (χ2n) is 8.10. The number of nitrogens with zero attached hydrogens (tertiary/aromatic N) is 4. The molecular formula is C22H33N7O3. The Hall–Kier alpha value is -2.82. The van der Waals surface area contributed by atoms with Crippen LogP contribution in [-0.4, -0.2) is 62.7 Å². The van der Waals surface area contributed by atoms with Gasteiger partial charge in [0.2, 0.25) is 5.91 Å². The van der Waals surface area contributed by atoms with Crippen molar-refractivity contribution < 1.29 is 9.90 Å². The monoisotopic (exact) mass is 443 g/mol. The summed E-state index contributed by atoms with van der Waals surface area (Å²) in [6.07, 6.45) is 7.57. The van der Waals surface area contributed by atoms with Crippen LogP contribution in [0.25, 0.3) is 0 Å². The molecule has 1 amide bonds. The number of nitrogens with two attached hydrogens (primary N) is 1. The van der Waals surface area contributed by atoms with Gasteiger partial charge in [-0.15, -0.1) is 0 Å². The van der Waals surface area contributed by atoms with Crippen molar-refractivity contribution in [3.8, 4) is 0 Å². The molecule has 174 valence electrons. The third-order valence-corrected chi connectivity index (χ3v) is 5.54. The zero-order valence-corrected chi connectivity index (χ0v) is 18.4. The zero-order chi connectivity index (χ0) is 22.8. The van der Waals surface area contributed by atoms with Gasteiger partial charge in [0.25, 0.3) is 0 Å². The quantitative estimate of drug-likeness (QED) is 0.370. The number of aryl methyl sites for hydroxylation is 1. The van der Waals surface area contributed by atoms with E-state index in [1.54, 1.807) is 29.1 Å². The molecule has 10 heteroatoms. The second-order valence-corrected chi connectivity index (χ2v) is 8.10. The van der Waals surface area contributed by atoms with Crippen LogP contribution in [-0.2, 0) is 17.9 Å². The number of carbonyl (C=O) groups excluding carboxylic acids is 1. The van der Waals surface area contributed by atoms with E-state index in [2.05, 4.69) is 25.5 Å². The Kier molecular flexibility index (Phi) is 9.14. The molecule has 0 radical (unpaired) electrons. The van der Waals surface area contributed by atoms with Gasteiger partial charge in [0, 0.05) is 37.9 Å². The topological polar surface area (TPSA) is 138 Å². The average Bonchev–Trinajstić information content (AvgIpc) is 2.79. The van der Waals surface area contributed by atoms with Crippen LogP contribution in [0.4, 0.5) is 11.6 Å². The Balaban J connectivity index is 1.42. The lowest BCUT2D eigenvalue weighted by atomic mass is 10.1. The Morgan fingerprint density at radius 2 is 1.94 bits per heavy atom. The van der Waals surface area contributed by atoms with Crippen LogP contribution in [0.15, 0.2) is 35.4 Å². The summed E-state index contributed by atoms with van der Waals surface area (Å²) >= 11 is 0. The minimum absolute atomic E-state index is 0.0812. The molecular weight excluding hydrogens is 410 g/mol. The lowest BCUT2D eigenvalue weighted by Gasteiger charge is -2.29. The van der Waals surface area contributed by atoms with E-state index < -0.39 is 0 Å². The van der Waals surface area contributed by atoms with Crippen molar-refractivity contribution >= 4 is 17.5 Å². The average molecular weight is 444 g/mol. The normalized spacial score (nSPS) is 14.9. The Bertz CT molecular complexity index is 908. The largest absolute Gasteiger partial charge is 0.396 e. The fourth-order valence-corrected chi connectivity index (χ4v) is 3.59. The Morgan fingerprint density at radius 3 is 2.62 bits per heavy atom. The number of hydrogen-bond acceptors (Lipinski definition) is 8. The first-order chi connectivity index (χ1) is 15.5. The number of aliphatic hydroxyl groups is 1. The van der Waals surface area contributed by atoms with Crippen molar-refractivity contribution in [2.45, 2.75) is 51.2 Å². The van der Waals surface area contributed by atoms with Crippen molar-refractivity contribution in [2.75, 3.05) is 31.6 Å². The number of nitrogens with one attached hydrogen (secondary N) is 2. The lowest BCUT2D eigenvalue weighted by molar-refractivity contribution is -0.121. The van der Waals surface area contributed by atoms with E-state index in [-0.39, 0.29) is 24.6 Å². The predicted molar refractivity (Wildman–Crippen MR) is 122 cm³/mol. The number of piperidine rings is 1. The molecule has 0 atom stereocenters. The maximum atomic E-state index is 12.3. The summed E-state index contributed by atoms with van der Waals surface area (Å²) in [7, 11) is 0. The molecule has 1 aliphatic heterocycles. The number of pyridine rings is 1. The van der Waals surface area contributed by atoms with Gasteiger partial charge in [0.1, 0.15) is 11.6 Å². The molecule has 1 saturated heterocycles. The highest BCUT2D eigenvalue weighted by Gasteiger charge is 2.15. The first kappa shape index (κ1) is 23.8. The lowest BCUT2D eigenvalue weighted by Crippen LogP contribution is -2.40. The van der Waals surface area contributed by atoms with E-state index in [0.29, 0.717) is 30.8 Å². The van der Waals surface area contributed by atoms with E-state index >= 15 is 0 Å². The zero-order valence-electron chi connectivity index (χ0n) is 18.4. The van der Waals surface area contributed by atoms with Gasteiger partial charge in [-0.25, -0.2) is 9.78 Å². The highest BCUT2D eigenvalue weighted by Crippen LogP contribution is 2.12. The summed E-state index contributed by atoms with van der Waals surface area (Å²) in [6.45, 7) is 3.99. The maximum Gasteiger partial charge on any atom is 0.349 e. The molecule has 3 rings (SSSR count). The van der Waals surface area contributed by atoms with Gasteiger partial charge in [0.05, 0.1) is 6.61 Å². The number of aliphatic hydroxyl groups excluding tert-OH is 1. The summed E-state index contributed by atoms with van der Waals surface area (Å²) in [5, 5.41) is 14.5. The standard InChI is InChI=1S/C22H33N7O3/c23-18-5-11-28(12-6-18)9-1-2-10-29-13-7-20(27-22(29)32)26-19-4-3-17(15-24-19)16-25-21(31)8-14-30/h3-4,7,13,15,18,30H,1-2,5-6,8-12,14,16,23H2,(H,25,31)(H,24,26,27,32). The summed E-state index contributed by atoms with van der Waals surface area (Å²) in [6, 6.07) is 5.69. The number of aromatic nitrogens is 3. The number of amides is 1. The van der Waals surface area contributed by atoms with Gasteiger partial charge in [-0.3, -0.25) is 9.36 Å². The van der Waals surface area contributed by atoms with E-state index in [1.165, 1.54) is 0 Å². The Morgan fingerprint density at radius 1 is 1.16 bits per heavy atom. The minimum Gasteiger partial charge on any atom is -0.396 e. The molecule has 0 aliphatic carbocycles. The van der Waals surface area contributed by atoms with Crippen LogP contribution >= 0.6 is 0 Å². The van der Waals surface area contributed by atoms with Gasteiger partial charge >= 0.3 is 5.69 Å². The summed E-state index contributed by atoms with van der Waals surface area (Å²) in [5.74, 6) is 0.782. The van der Waals surface area contributed by atoms with Gasteiger partial charge in [0.15, 0.2) is 0 Å². The number of unbranched alkanes of at least 4 members (excludes halogenated alkanes) is 1. The van der Waals surface area contributed by atoms with E-state index in [4.69, 9.17) is 10.8 Å². The molecule has 1 fully saturated rings. The molecule has 0 saturated carbocycles. The highest BCUT2D eigenvalue weighted by molar-refractivity contribution is 5.75. The number of rotatable bonds is 11. The van der Waals surface area contributed by atoms with Crippen LogP contribution in [0.5, 0.6) is 0 Å². The van der Waals surface area contributed by atoms with Gasteiger partial charge in [-0.2, -0.15) is 4.98 Å². The molecule has 2 aromatic rings. The second kappa shape index (κ2) is 12.3. The summed E-state index contributed by atoms with van der Waals surface area (Å²) in [4.78, 5) is 34.6. The number of carbonyl (C=O) groups is 1. The van der Waals surface area contributed by atoms with Gasteiger partial charge in [-0.05, 0) is 63.0 Å². The van der Waals surface area contributed by atoms with Crippen LogP contribution in [0.2, 0.25) is 0 Å². The fourth-order valence-electron chi connectivity index (χ4n) is 3.59.